The van der Waals surface area contributed by atoms with E-state index in [1.165, 1.54) is 0 Å². The summed E-state index contributed by atoms with van der Waals surface area (Å²) in [5, 5.41) is 6.57. The van der Waals surface area contributed by atoms with Gasteiger partial charge in [0.1, 0.15) is 0 Å². The van der Waals surface area contributed by atoms with E-state index < -0.39 is 0 Å². The Morgan fingerprint density at radius 3 is 2.12 bits per heavy atom. The van der Waals surface area contributed by atoms with Gasteiger partial charge in [0, 0.05) is 30.4 Å². The Kier molecular flexibility index (Phi) is 12.4. The van der Waals surface area contributed by atoms with Gasteiger partial charge in [-0.15, -0.1) is 24.0 Å². The normalized spacial score (nSPS) is 10.6. The number of nitrogens with one attached hydrogen (secondary N) is 2. The van der Waals surface area contributed by atoms with Gasteiger partial charge in [-0.1, -0.05) is 6.07 Å². The maximum atomic E-state index is 5.65. The molecule has 0 fully saturated rings. The van der Waals surface area contributed by atoms with Crippen molar-refractivity contribution in [3.8, 4) is 28.7 Å². The fraction of sp³-hybridized carbons (Fsp3) is 0.435. The van der Waals surface area contributed by atoms with Crippen molar-refractivity contribution in [2.45, 2.75) is 20.3 Å². The molecule has 0 aliphatic rings. The maximum Gasteiger partial charge on any atom is 0.203 e. The van der Waals surface area contributed by atoms with Gasteiger partial charge in [0.05, 0.1) is 35.0 Å². The molecule has 2 rings (SSSR count). The molecule has 2 aromatic rings. The lowest BCUT2D eigenvalue weighted by molar-refractivity contribution is 0.311. The van der Waals surface area contributed by atoms with Gasteiger partial charge in [0.15, 0.2) is 29.0 Å². The Bertz CT molecular complexity index is 877. The molecule has 2 aromatic carbocycles. The van der Waals surface area contributed by atoms with Crippen LogP contribution in [0.5, 0.6) is 28.7 Å². The van der Waals surface area contributed by atoms with Crippen molar-refractivity contribution in [2.75, 3.05) is 53.5 Å². The number of ether oxygens (including phenoxy) is 5. The summed E-state index contributed by atoms with van der Waals surface area (Å²) in [6.07, 6.45) is 0.674. The summed E-state index contributed by atoms with van der Waals surface area (Å²) in [5.74, 6) is 3.92. The van der Waals surface area contributed by atoms with Gasteiger partial charge in [-0.05, 0) is 38.5 Å². The fourth-order valence-corrected chi connectivity index (χ4v) is 3.11. The first-order valence-electron chi connectivity index (χ1n) is 10.3. The molecule has 0 saturated heterocycles. The third-order valence-electron chi connectivity index (χ3n) is 4.51. The van der Waals surface area contributed by atoms with Crippen molar-refractivity contribution in [1.29, 1.82) is 0 Å². The number of rotatable bonds is 11. The minimum Gasteiger partial charge on any atom is -0.493 e. The monoisotopic (exact) mass is 559 g/mol. The highest BCUT2D eigenvalue weighted by Crippen LogP contribution is 2.39. The van der Waals surface area contributed by atoms with Crippen molar-refractivity contribution in [3.05, 3.63) is 35.9 Å². The second-order valence-corrected chi connectivity index (χ2v) is 6.43. The van der Waals surface area contributed by atoms with Crippen LogP contribution < -0.4 is 34.3 Å². The molecule has 0 aliphatic carbocycles. The van der Waals surface area contributed by atoms with E-state index in [0.29, 0.717) is 54.3 Å². The molecule has 0 unspecified atom stereocenters. The second-order valence-electron chi connectivity index (χ2n) is 6.43. The summed E-state index contributed by atoms with van der Waals surface area (Å²) >= 11 is 0. The van der Waals surface area contributed by atoms with Crippen LogP contribution in [-0.4, -0.2) is 54.1 Å². The Balaban J connectivity index is 0.00000512. The smallest absolute Gasteiger partial charge is 0.203 e. The number of hydrogen-bond acceptors (Lipinski definition) is 6. The number of nitrogens with zero attached hydrogens (tertiary/aromatic N) is 1. The van der Waals surface area contributed by atoms with E-state index in [9.17, 15) is 0 Å². The predicted octanol–water partition coefficient (Wildman–Crippen LogP) is 4.36. The quantitative estimate of drug-likeness (QED) is 0.241. The van der Waals surface area contributed by atoms with Crippen molar-refractivity contribution < 1.29 is 23.7 Å². The molecule has 0 radical (unpaired) electrons. The Labute approximate surface area is 207 Å². The molecule has 9 heteroatoms. The second kappa shape index (κ2) is 14.5. The molecular weight excluding hydrogens is 525 g/mol. The Morgan fingerprint density at radius 2 is 1.53 bits per heavy atom. The molecule has 0 aromatic heterocycles. The van der Waals surface area contributed by atoms with Crippen LogP contribution in [0.1, 0.15) is 19.4 Å². The van der Waals surface area contributed by atoms with E-state index in [0.717, 1.165) is 17.8 Å². The third-order valence-corrected chi connectivity index (χ3v) is 4.51. The first-order valence-corrected chi connectivity index (χ1v) is 10.3. The average molecular weight is 559 g/mol. The van der Waals surface area contributed by atoms with Crippen molar-refractivity contribution in [1.82, 2.24) is 5.32 Å². The van der Waals surface area contributed by atoms with Gasteiger partial charge in [-0.25, -0.2) is 0 Å². The number of guanidine groups is 1. The number of aliphatic imine (C=N–C) groups is 1. The largest absolute Gasteiger partial charge is 0.493 e. The number of halogens is 1. The lowest BCUT2D eigenvalue weighted by Crippen LogP contribution is -2.30. The van der Waals surface area contributed by atoms with Crippen LogP contribution >= 0.6 is 24.0 Å². The molecule has 178 valence electrons. The van der Waals surface area contributed by atoms with Crippen molar-refractivity contribution in [2.24, 2.45) is 4.99 Å². The van der Waals surface area contributed by atoms with Crippen LogP contribution in [0.4, 0.5) is 5.69 Å². The predicted molar refractivity (Wildman–Crippen MR) is 139 cm³/mol. The van der Waals surface area contributed by atoms with Gasteiger partial charge < -0.3 is 34.3 Å². The average Bonchev–Trinajstić information content (AvgIpc) is 2.79. The number of benzene rings is 2. The summed E-state index contributed by atoms with van der Waals surface area (Å²) in [6, 6.07) is 9.52. The summed E-state index contributed by atoms with van der Waals surface area (Å²) in [4.78, 5) is 4.69. The molecule has 32 heavy (non-hydrogen) atoms. The molecule has 2 N–H and O–H groups in total. The topological polar surface area (TPSA) is 82.6 Å². The first kappa shape index (κ1) is 27.5. The standard InChI is InChI=1S/C23H33N3O5.HI/c1-7-24-23(26-17-10-12-18(27-3)20(15-17)31-8-2)25-14-13-16-9-11-19(28-4)22(30-6)21(16)29-5;/h9-12,15H,7-8,13-14H2,1-6H3,(H2,24,25,26);1H. The first-order chi connectivity index (χ1) is 15.1. The lowest BCUT2D eigenvalue weighted by atomic mass is 10.1. The highest BCUT2D eigenvalue weighted by Gasteiger charge is 2.15. The molecule has 0 heterocycles. The van der Waals surface area contributed by atoms with Crippen molar-refractivity contribution in [3.63, 3.8) is 0 Å². The van der Waals surface area contributed by atoms with Gasteiger partial charge in [-0.3, -0.25) is 4.99 Å². The maximum absolute atomic E-state index is 5.65. The zero-order valence-corrected chi connectivity index (χ0v) is 21.9. The van der Waals surface area contributed by atoms with Crippen LogP contribution in [0.3, 0.4) is 0 Å². The van der Waals surface area contributed by atoms with Crippen LogP contribution in [0.15, 0.2) is 35.3 Å². The van der Waals surface area contributed by atoms with Crippen LogP contribution in [0.25, 0.3) is 0 Å². The van der Waals surface area contributed by atoms with Crippen LogP contribution in [0.2, 0.25) is 0 Å². The van der Waals surface area contributed by atoms with Gasteiger partial charge in [0.25, 0.3) is 0 Å². The van der Waals surface area contributed by atoms with Gasteiger partial charge in [-0.2, -0.15) is 0 Å². The van der Waals surface area contributed by atoms with E-state index >= 15 is 0 Å². The fourth-order valence-electron chi connectivity index (χ4n) is 3.11. The third kappa shape index (κ3) is 7.25. The number of methoxy groups -OCH3 is 4. The molecular formula is C23H34IN3O5. The summed E-state index contributed by atoms with van der Waals surface area (Å²) in [6.45, 7) is 5.80. The molecule has 8 nitrogen and oxygen atoms in total. The molecule has 0 atom stereocenters. The molecule has 0 bridgehead atoms. The minimum atomic E-state index is 0. The molecule has 0 saturated carbocycles. The molecule has 0 amide bonds. The Morgan fingerprint density at radius 1 is 0.844 bits per heavy atom. The minimum absolute atomic E-state index is 0. The SMILES string of the molecule is CCNC(=NCCc1ccc(OC)c(OC)c1OC)Nc1ccc(OC)c(OCC)c1.I. The highest BCUT2D eigenvalue weighted by molar-refractivity contribution is 14.0. The van der Waals surface area contributed by atoms with Crippen LogP contribution in [-0.2, 0) is 6.42 Å². The van der Waals surface area contributed by atoms with E-state index in [4.69, 9.17) is 28.7 Å². The summed E-state index contributed by atoms with van der Waals surface area (Å²) < 4.78 is 27.4. The highest BCUT2D eigenvalue weighted by atomic mass is 127. The lowest BCUT2D eigenvalue weighted by Gasteiger charge is -2.16. The van der Waals surface area contributed by atoms with Gasteiger partial charge in [0.2, 0.25) is 5.75 Å². The van der Waals surface area contributed by atoms with E-state index in [1.807, 2.05) is 44.2 Å². The summed E-state index contributed by atoms with van der Waals surface area (Å²) in [7, 11) is 6.45. The van der Waals surface area contributed by atoms with E-state index in [2.05, 4.69) is 10.6 Å². The van der Waals surface area contributed by atoms with E-state index in [1.54, 1.807) is 28.4 Å². The number of hydrogen-bond donors (Lipinski definition) is 2. The Hall–Kier alpha value is -2.56. The number of anilines is 1. The van der Waals surface area contributed by atoms with Crippen LogP contribution in [0, 0.1) is 0 Å². The van der Waals surface area contributed by atoms with Gasteiger partial charge >= 0.3 is 0 Å². The zero-order chi connectivity index (χ0) is 22.6. The van der Waals surface area contributed by atoms with E-state index in [-0.39, 0.29) is 24.0 Å². The molecule has 0 aliphatic heterocycles. The van der Waals surface area contributed by atoms with Crippen molar-refractivity contribution >= 4 is 35.6 Å². The molecule has 0 spiro atoms. The summed E-state index contributed by atoms with van der Waals surface area (Å²) in [5.41, 5.74) is 1.84. The zero-order valence-electron chi connectivity index (χ0n) is 19.6.